The molecule has 4 aromatic rings. The predicted molar refractivity (Wildman–Crippen MR) is 129 cm³/mol. The van der Waals surface area contributed by atoms with Crippen LogP contribution in [0.15, 0.2) is 47.4 Å². The predicted octanol–water partition coefficient (Wildman–Crippen LogP) is 4.12. The topological polar surface area (TPSA) is 92.8 Å². The van der Waals surface area contributed by atoms with Gasteiger partial charge in [-0.25, -0.2) is 13.8 Å². The van der Waals surface area contributed by atoms with Crippen LogP contribution in [-0.2, 0) is 5.54 Å². The fourth-order valence-corrected chi connectivity index (χ4v) is 5.54. The van der Waals surface area contributed by atoms with Crippen LogP contribution in [0.4, 0.5) is 8.78 Å². The van der Waals surface area contributed by atoms with Crippen molar-refractivity contribution in [1.29, 1.82) is 5.26 Å². The maximum absolute atomic E-state index is 14.7. The molecule has 0 radical (unpaired) electrons. The maximum Gasteiger partial charge on any atom is 0.266 e. The molecule has 36 heavy (non-hydrogen) atoms. The number of nitrogens with zero attached hydrogens (tertiary/aromatic N) is 4. The van der Waals surface area contributed by atoms with E-state index < -0.39 is 28.5 Å². The molecule has 2 aliphatic heterocycles. The second-order valence-corrected chi connectivity index (χ2v) is 9.47. The summed E-state index contributed by atoms with van der Waals surface area (Å²) in [7, 11) is 1.18. The Morgan fingerprint density at radius 1 is 1.19 bits per heavy atom. The van der Waals surface area contributed by atoms with Crippen molar-refractivity contribution in [2.75, 3.05) is 13.7 Å². The number of nitrogens with one attached hydrogen (secondary N) is 1. The summed E-state index contributed by atoms with van der Waals surface area (Å²) in [5.41, 5.74) is 1.80. The molecule has 7 nitrogen and oxygen atoms in total. The van der Waals surface area contributed by atoms with Crippen LogP contribution in [0, 0.1) is 35.8 Å². The molecule has 2 saturated heterocycles. The first kappa shape index (κ1) is 22.3. The molecule has 1 aliphatic carbocycles. The molecule has 3 fully saturated rings. The number of nitriles is 1. The number of aryl methyl sites for hydroxylation is 1. The molecule has 2 aromatic heterocycles. The Morgan fingerprint density at radius 3 is 2.56 bits per heavy atom. The summed E-state index contributed by atoms with van der Waals surface area (Å²) in [6, 6.07) is 11.1. The molecule has 1 N–H and O–H groups in total. The second kappa shape index (κ2) is 7.93. The molecule has 2 bridgehead atoms. The second-order valence-electron chi connectivity index (χ2n) is 9.47. The summed E-state index contributed by atoms with van der Waals surface area (Å²) < 4.78 is 35.6. The number of benzene rings is 2. The van der Waals surface area contributed by atoms with Crippen molar-refractivity contribution in [3.63, 3.8) is 0 Å². The van der Waals surface area contributed by atoms with Crippen LogP contribution in [0.1, 0.15) is 29.9 Å². The Labute approximate surface area is 205 Å². The van der Waals surface area contributed by atoms with Gasteiger partial charge in [-0.1, -0.05) is 0 Å². The lowest BCUT2D eigenvalue weighted by Gasteiger charge is -2.38. The van der Waals surface area contributed by atoms with E-state index in [1.807, 2.05) is 13.0 Å². The van der Waals surface area contributed by atoms with Crippen molar-refractivity contribution in [3.8, 4) is 28.6 Å². The van der Waals surface area contributed by atoms with Crippen molar-refractivity contribution < 1.29 is 13.5 Å². The molecule has 9 heteroatoms. The Morgan fingerprint density at radius 2 is 1.94 bits per heavy atom. The van der Waals surface area contributed by atoms with Gasteiger partial charge in [-0.3, -0.25) is 14.3 Å². The van der Waals surface area contributed by atoms with E-state index in [0.29, 0.717) is 22.8 Å². The molecule has 0 spiro atoms. The zero-order valence-electron chi connectivity index (χ0n) is 19.6. The van der Waals surface area contributed by atoms with Gasteiger partial charge < -0.3 is 10.1 Å². The van der Waals surface area contributed by atoms with Gasteiger partial charge in [0.05, 0.1) is 40.9 Å². The molecular formula is C27H21F2N5O2. The summed E-state index contributed by atoms with van der Waals surface area (Å²) in [6.45, 7) is 2.64. The Hall–Kier alpha value is -4.16. The van der Waals surface area contributed by atoms with Crippen LogP contribution in [0.2, 0.25) is 0 Å². The number of hydrogen-bond acceptors (Lipinski definition) is 6. The number of halogens is 2. The van der Waals surface area contributed by atoms with Gasteiger partial charge in [-0.15, -0.1) is 0 Å². The highest BCUT2D eigenvalue weighted by Crippen LogP contribution is 2.50. The highest BCUT2D eigenvalue weighted by Gasteiger charge is 2.54. The molecule has 180 valence electrons. The molecule has 2 aromatic carbocycles. The lowest BCUT2D eigenvalue weighted by Crippen LogP contribution is -2.45. The molecular weight excluding hydrogens is 464 g/mol. The standard InChI is InChI=1S/C27H21F2N5O2/c1-14-5-17(3-4-31-14)19-6-15(12-30)7-20-23(19)33-26(27-10-16(11-27)13-32-27)34(25(20)35)18-8-21(28)24(36-2)22(29)9-18/h3-9,16,32H,10-11,13H2,1-2H3. The number of ether oxygens (including phenoxy) is 1. The largest absolute Gasteiger partial charge is 0.491 e. The van der Waals surface area contributed by atoms with Crippen LogP contribution in [0.3, 0.4) is 0 Å². The fourth-order valence-electron chi connectivity index (χ4n) is 5.54. The number of rotatable bonds is 4. The first-order chi connectivity index (χ1) is 17.3. The third-order valence-corrected chi connectivity index (χ3v) is 7.19. The average molecular weight is 485 g/mol. The van der Waals surface area contributed by atoms with Crippen molar-refractivity contribution in [3.05, 3.63) is 81.7 Å². The first-order valence-electron chi connectivity index (χ1n) is 11.6. The zero-order valence-corrected chi connectivity index (χ0v) is 19.6. The van der Waals surface area contributed by atoms with E-state index in [2.05, 4.69) is 16.4 Å². The molecule has 0 amide bonds. The van der Waals surface area contributed by atoms with Crippen molar-refractivity contribution in [2.45, 2.75) is 25.3 Å². The fraction of sp³-hybridized carbons (Fsp3) is 0.259. The minimum absolute atomic E-state index is 0.00962. The molecule has 0 unspecified atom stereocenters. The van der Waals surface area contributed by atoms with Gasteiger partial charge in [0.2, 0.25) is 0 Å². The van der Waals surface area contributed by atoms with Crippen molar-refractivity contribution in [1.82, 2.24) is 19.9 Å². The normalized spacial score (nSPS) is 20.2. The first-order valence-corrected chi connectivity index (χ1v) is 11.6. The number of aromatic nitrogens is 3. The minimum Gasteiger partial charge on any atom is -0.491 e. The molecule has 1 saturated carbocycles. The Balaban J connectivity index is 1.72. The summed E-state index contributed by atoms with van der Waals surface area (Å²) in [4.78, 5) is 23.3. The minimum atomic E-state index is -0.924. The smallest absolute Gasteiger partial charge is 0.266 e. The number of fused-ring (bicyclic) bond motifs is 2. The number of hydrogen-bond donors (Lipinski definition) is 1. The van der Waals surface area contributed by atoms with Gasteiger partial charge in [0.25, 0.3) is 5.56 Å². The van der Waals surface area contributed by atoms with E-state index >= 15 is 0 Å². The van der Waals surface area contributed by atoms with Gasteiger partial charge >= 0.3 is 0 Å². The lowest BCUT2D eigenvalue weighted by atomic mass is 9.73. The molecule has 4 heterocycles. The van der Waals surface area contributed by atoms with Gasteiger partial charge in [0.1, 0.15) is 5.82 Å². The summed E-state index contributed by atoms with van der Waals surface area (Å²) in [5, 5.41) is 13.3. The number of methoxy groups -OCH3 is 1. The SMILES string of the molecule is COc1c(F)cc(-n2c(C34CC(CN3)C4)nc3c(-c4ccnc(C)c4)cc(C#N)cc3c2=O)cc1F. The highest BCUT2D eigenvalue weighted by atomic mass is 19.1. The van der Waals surface area contributed by atoms with E-state index in [9.17, 15) is 18.8 Å². The van der Waals surface area contributed by atoms with Gasteiger partial charge in [0, 0.05) is 29.6 Å². The third kappa shape index (κ3) is 3.22. The van der Waals surface area contributed by atoms with Crippen LogP contribution < -0.4 is 15.6 Å². The van der Waals surface area contributed by atoms with E-state index in [1.54, 1.807) is 18.3 Å². The summed E-state index contributed by atoms with van der Waals surface area (Å²) in [5.74, 6) is -1.52. The van der Waals surface area contributed by atoms with Crippen LogP contribution in [0.5, 0.6) is 5.75 Å². The van der Waals surface area contributed by atoms with E-state index in [1.165, 1.54) is 17.7 Å². The quantitative estimate of drug-likeness (QED) is 0.468. The maximum atomic E-state index is 14.7. The molecule has 3 aliphatic rings. The van der Waals surface area contributed by atoms with Gasteiger partial charge in [0.15, 0.2) is 17.4 Å². The van der Waals surface area contributed by atoms with Crippen molar-refractivity contribution >= 4 is 10.9 Å². The van der Waals surface area contributed by atoms with Crippen LogP contribution >= 0.6 is 0 Å². The highest BCUT2D eigenvalue weighted by molar-refractivity contribution is 5.94. The summed E-state index contributed by atoms with van der Waals surface area (Å²) in [6.07, 6.45) is 3.20. The van der Waals surface area contributed by atoms with Gasteiger partial charge in [-0.2, -0.15) is 5.26 Å². The molecule has 0 atom stereocenters. The van der Waals surface area contributed by atoms with Crippen molar-refractivity contribution in [2.24, 2.45) is 5.92 Å². The van der Waals surface area contributed by atoms with Crippen LogP contribution in [0.25, 0.3) is 27.7 Å². The van der Waals surface area contributed by atoms with E-state index in [0.717, 1.165) is 42.8 Å². The molecule has 7 rings (SSSR count). The Kier molecular flexibility index (Phi) is 4.92. The van der Waals surface area contributed by atoms with Gasteiger partial charge in [-0.05, 0) is 62.1 Å². The lowest BCUT2D eigenvalue weighted by molar-refractivity contribution is 0.211. The van der Waals surface area contributed by atoms with Crippen LogP contribution in [-0.4, -0.2) is 28.2 Å². The third-order valence-electron chi connectivity index (χ3n) is 7.19. The average Bonchev–Trinajstić information content (AvgIpc) is 3.46. The number of pyridine rings is 1. The summed E-state index contributed by atoms with van der Waals surface area (Å²) >= 11 is 0. The van der Waals surface area contributed by atoms with E-state index in [4.69, 9.17) is 9.72 Å². The van der Waals surface area contributed by atoms with E-state index in [-0.39, 0.29) is 16.6 Å². The zero-order chi connectivity index (χ0) is 25.2. The Bertz CT molecular complexity index is 1640. The monoisotopic (exact) mass is 485 g/mol.